The van der Waals surface area contributed by atoms with Crippen LogP contribution in [0.5, 0.6) is 5.75 Å². The van der Waals surface area contributed by atoms with Crippen LogP contribution in [0.25, 0.3) is 0 Å². The molecule has 0 saturated carbocycles. The van der Waals surface area contributed by atoms with Crippen LogP contribution in [0.1, 0.15) is 107 Å². The summed E-state index contributed by atoms with van der Waals surface area (Å²) in [6.07, 6.45) is 16.0. The van der Waals surface area contributed by atoms with Gasteiger partial charge in [0.25, 0.3) is 5.91 Å². The Balaban J connectivity index is 0.00000507. The highest BCUT2D eigenvalue weighted by Gasteiger charge is 2.17. The number of anilines is 1. The van der Waals surface area contributed by atoms with Gasteiger partial charge in [-0.3, -0.25) is 4.79 Å². The number of amides is 1. The van der Waals surface area contributed by atoms with E-state index in [9.17, 15) is 4.79 Å². The molecule has 0 bridgehead atoms. The van der Waals surface area contributed by atoms with Crippen molar-refractivity contribution in [1.29, 1.82) is 0 Å². The van der Waals surface area contributed by atoms with Gasteiger partial charge in [-0.2, -0.15) is 0 Å². The molecular weight excluding hydrogens is 556 g/mol. The van der Waals surface area contributed by atoms with E-state index in [0.29, 0.717) is 0 Å². The average Bonchev–Trinajstić information content (AvgIpc) is 3.31. The van der Waals surface area contributed by atoms with Crippen molar-refractivity contribution in [2.75, 3.05) is 17.8 Å². The molecule has 4 nitrogen and oxygen atoms in total. The number of allylic oxidation sites excluding steroid dienone is 1. The van der Waals surface area contributed by atoms with Gasteiger partial charge in [-0.05, 0) is 42.5 Å². The van der Waals surface area contributed by atoms with Crippen molar-refractivity contribution in [1.82, 2.24) is 4.90 Å². The average molecular weight is 604 g/mol. The maximum atomic E-state index is 13.1. The Morgan fingerprint density at radius 1 is 0.895 bits per heavy atom. The third-order valence-corrected chi connectivity index (χ3v) is 7.93. The Kier molecular flexibility index (Phi) is 16.3. The van der Waals surface area contributed by atoms with Crippen molar-refractivity contribution in [3.63, 3.8) is 0 Å². The monoisotopic (exact) mass is 602 g/mol. The summed E-state index contributed by atoms with van der Waals surface area (Å²) in [5.41, 5.74) is 3.77. The van der Waals surface area contributed by atoms with Gasteiger partial charge >= 0.3 is 0 Å². The predicted molar refractivity (Wildman–Crippen MR) is 169 cm³/mol. The number of ether oxygens (including phenoxy) is 1. The first kappa shape index (κ1) is 32.3. The van der Waals surface area contributed by atoms with Crippen LogP contribution >= 0.6 is 28.7 Å². The molecule has 38 heavy (non-hydrogen) atoms. The zero-order valence-electron chi connectivity index (χ0n) is 23.4. The molecule has 0 aromatic heterocycles. The Morgan fingerprint density at radius 2 is 1.55 bits per heavy atom. The van der Waals surface area contributed by atoms with E-state index in [0.717, 1.165) is 48.0 Å². The Labute approximate surface area is 245 Å². The van der Waals surface area contributed by atoms with Crippen molar-refractivity contribution in [2.24, 2.45) is 0 Å². The maximum Gasteiger partial charge on any atom is 0.256 e. The van der Waals surface area contributed by atoms with Crippen molar-refractivity contribution < 1.29 is 9.53 Å². The van der Waals surface area contributed by atoms with Gasteiger partial charge in [0, 0.05) is 29.6 Å². The second kappa shape index (κ2) is 19.2. The number of nitrogens with one attached hydrogen (secondary N) is 1. The summed E-state index contributed by atoms with van der Waals surface area (Å²) in [5.74, 6) is 1.66. The molecule has 6 heteroatoms. The largest absolute Gasteiger partial charge is 0.494 e. The van der Waals surface area contributed by atoms with Gasteiger partial charge in [0.1, 0.15) is 5.75 Å². The lowest BCUT2D eigenvalue weighted by molar-refractivity contribution is 0.102. The van der Waals surface area contributed by atoms with E-state index in [4.69, 9.17) is 4.74 Å². The molecule has 2 aromatic carbocycles. The van der Waals surface area contributed by atoms with Gasteiger partial charge < -0.3 is 15.0 Å². The van der Waals surface area contributed by atoms with Crippen LogP contribution in [-0.4, -0.2) is 23.3 Å². The SMILES string of the molecule is Br.CCCCCCCCCCCCCCOc1cccc(NC(=O)c2ccccc2CN2CSC=C2C)c1. The van der Waals surface area contributed by atoms with Gasteiger partial charge in [0.05, 0.1) is 12.5 Å². The smallest absolute Gasteiger partial charge is 0.256 e. The summed E-state index contributed by atoms with van der Waals surface area (Å²) in [6, 6.07) is 15.6. The number of nitrogens with zero attached hydrogens (tertiary/aromatic N) is 1. The van der Waals surface area contributed by atoms with Crippen LogP contribution in [-0.2, 0) is 6.54 Å². The fraction of sp³-hybridized carbons (Fsp3) is 0.531. The number of rotatable bonds is 18. The quantitative estimate of drug-likeness (QED) is 0.172. The van der Waals surface area contributed by atoms with E-state index in [1.165, 1.54) is 76.3 Å². The maximum absolute atomic E-state index is 13.1. The van der Waals surface area contributed by atoms with Gasteiger partial charge in [-0.15, -0.1) is 28.7 Å². The lowest BCUT2D eigenvalue weighted by Crippen LogP contribution is -2.21. The number of hydrogen-bond donors (Lipinski definition) is 1. The number of carbonyl (C=O) groups is 1. The molecule has 210 valence electrons. The van der Waals surface area contributed by atoms with E-state index in [2.05, 4.69) is 29.5 Å². The van der Waals surface area contributed by atoms with Crippen molar-refractivity contribution in [3.8, 4) is 5.75 Å². The molecule has 2 aromatic rings. The second-order valence-corrected chi connectivity index (χ2v) is 11.0. The first-order valence-corrected chi connectivity index (χ1v) is 15.4. The summed E-state index contributed by atoms with van der Waals surface area (Å²) >= 11 is 1.79. The van der Waals surface area contributed by atoms with Crippen molar-refractivity contribution >= 4 is 40.3 Å². The van der Waals surface area contributed by atoms with Crippen LogP contribution in [0.15, 0.2) is 59.6 Å². The van der Waals surface area contributed by atoms with Crippen LogP contribution in [0.3, 0.4) is 0 Å². The highest BCUT2D eigenvalue weighted by molar-refractivity contribution is 8.93. The molecular formula is C32H47BrN2O2S. The molecule has 0 fully saturated rings. The highest BCUT2D eigenvalue weighted by atomic mass is 79.9. The Morgan fingerprint density at radius 3 is 2.21 bits per heavy atom. The lowest BCUT2D eigenvalue weighted by atomic mass is 10.1. The minimum absolute atomic E-state index is 0. The van der Waals surface area contributed by atoms with Crippen LogP contribution in [0.4, 0.5) is 5.69 Å². The summed E-state index contributed by atoms with van der Waals surface area (Å²) in [6.45, 7) is 5.85. The molecule has 0 spiro atoms. The zero-order chi connectivity index (χ0) is 26.1. The van der Waals surface area contributed by atoms with Crippen molar-refractivity contribution in [3.05, 3.63) is 70.8 Å². The summed E-state index contributed by atoms with van der Waals surface area (Å²) < 4.78 is 5.98. The topological polar surface area (TPSA) is 41.6 Å². The standard InChI is InChI=1S/C32H46N2O2S.BrH/c1-3-4-5-6-7-8-9-10-11-12-13-16-22-36-30-20-17-19-29(23-30)33-32(35)31-21-15-14-18-28(31)24-34-26-37-25-27(34)2;/h14-15,17-21,23,25H,3-13,16,22,24,26H2,1-2H3,(H,33,35);1H. The van der Waals surface area contributed by atoms with E-state index in [1.54, 1.807) is 11.8 Å². The Bertz CT molecular complexity index is 981. The third-order valence-electron chi connectivity index (χ3n) is 6.96. The van der Waals surface area contributed by atoms with E-state index in [1.807, 2.05) is 48.5 Å². The molecule has 0 unspecified atom stereocenters. The fourth-order valence-electron chi connectivity index (χ4n) is 4.67. The molecule has 1 aliphatic rings. The molecule has 1 amide bonds. The first-order valence-electron chi connectivity index (χ1n) is 14.3. The molecule has 1 heterocycles. The number of thioether (sulfide) groups is 1. The van der Waals surface area contributed by atoms with Gasteiger partial charge in [-0.25, -0.2) is 0 Å². The molecule has 1 aliphatic heterocycles. The van der Waals surface area contributed by atoms with Crippen LogP contribution in [0.2, 0.25) is 0 Å². The molecule has 0 aliphatic carbocycles. The van der Waals surface area contributed by atoms with Crippen LogP contribution < -0.4 is 10.1 Å². The van der Waals surface area contributed by atoms with Crippen molar-refractivity contribution in [2.45, 2.75) is 97.4 Å². The summed E-state index contributed by atoms with van der Waals surface area (Å²) in [7, 11) is 0. The minimum atomic E-state index is -0.0813. The summed E-state index contributed by atoms with van der Waals surface area (Å²) in [5, 5.41) is 5.24. The first-order chi connectivity index (χ1) is 18.2. The number of hydrogen-bond acceptors (Lipinski definition) is 4. The van der Waals surface area contributed by atoms with Gasteiger partial charge in [-0.1, -0.05) is 102 Å². The van der Waals surface area contributed by atoms with Crippen LogP contribution in [0, 0.1) is 0 Å². The number of unbranched alkanes of at least 4 members (excludes halogenated alkanes) is 11. The lowest BCUT2D eigenvalue weighted by Gasteiger charge is -2.21. The third kappa shape index (κ3) is 11.9. The zero-order valence-corrected chi connectivity index (χ0v) is 25.9. The Hall–Kier alpha value is -1.92. The normalized spacial score (nSPS) is 12.7. The number of halogens is 1. The van der Waals surface area contributed by atoms with E-state index in [-0.39, 0.29) is 22.9 Å². The molecule has 1 N–H and O–H groups in total. The number of carbonyl (C=O) groups excluding carboxylic acids is 1. The molecule has 0 radical (unpaired) electrons. The predicted octanol–water partition coefficient (Wildman–Crippen LogP) is 9.96. The molecule has 0 saturated heterocycles. The highest BCUT2D eigenvalue weighted by Crippen LogP contribution is 2.26. The second-order valence-electron chi connectivity index (χ2n) is 10.1. The molecule has 0 atom stereocenters. The van der Waals surface area contributed by atoms with Gasteiger partial charge in [0.2, 0.25) is 0 Å². The fourth-order valence-corrected chi connectivity index (χ4v) is 5.61. The van der Waals surface area contributed by atoms with E-state index >= 15 is 0 Å². The van der Waals surface area contributed by atoms with Gasteiger partial charge in [0.15, 0.2) is 0 Å². The van der Waals surface area contributed by atoms with E-state index < -0.39 is 0 Å². The summed E-state index contributed by atoms with van der Waals surface area (Å²) in [4.78, 5) is 15.4. The molecule has 3 rings (SSSR count). The number of benzene rings is 2. The minimum Gasteiger partial charge on any atom is -0.494 e.